The number of aryl methyl sites for hydroxylation is 1. The Hall–Kier alpha value is -4.34. The van der Waals surface area contributed by atoms with E-state index in [-0.39, 0.29) is 11.5 Å². The third-order valence-corrected chi connectivity index (χ3v) is 7.32. The summed E-state index contributed by atoms with van der Waals surface area (Å²) in [5.41, 5.74) is 3.31. The fourth-order valence-electron chi connectivity index (χ4n) is 4.37. The number of carbonyl (C=O) groups excluding carboxylic acids is 2. The van der Waals surface area contributed by atoms with Crippen LogP contribution in [-0.4, -0.2) is 17.1 Å². The Morgan fingerprint density at radius 3 is 2.47 bits per heavy atom. The third kappa shape index (κ3) is 4.61. The summed E-state index contributed by atoms with van der Waals surface area (Å²) >= 11 is 1.27. The van der Waals surface area contributed by atoms with Gasteiger partial charge in [0, 0.05) is 16.8 Å². The molecule has 6 heteroatoms. The van der Waals surface area contributed by atoms with Crippen molar-refractivity contribution in [2.24, 2.45) is 0 Å². The van der Waals surface area contributed by atoms with E-state index < -0.39 is 11.2 Å². The third-order valence-electron chi connectivity index (χ3n) is 6.06. The number of nitriles is 1. The van der Waals surface area contributed by atoms with Gasteiger partial charge >= 0.3 is 0 Å². The van der Waals surface area contributed by atoms with E-state index in [1.165, 1.54) is 16.7 Å². The molecule has 1 heterocycles. The van der Waals surface area contributed by atoms with Crippen LogP contribution in [0.3, 0.4) is 0 Å². The van der Waals surface area contributed by atoms with Crippen molar-refractivity contribution >= 4 is 45.7 Å². The summed E-state index contributed by atoms with van der Waals surface area (Å²) in [5.74, 6) is -0.685. The van der Waals surface area contributed by atoms with Gasteiger partial charge in [0.15, 0.2) is 0 Å². The van der Waals surface area contributed by atoms with Crippen LogP contribution in [0.4, 0.5) is 11.4 Å². The monoisotopic (exact) mass is 489 g/mol. The lowest BCUT2D eigenvalue weighted by Crippen LogP contribution is -2.30. The molecule has 1 atom stereocenters. The highest BCUT2D eigenvalue weighted by Crippen LogP contribution is 2.42. The standard InChI is InChI=1S/C30H23N3O2S/c1-20-9-7-10-21(17-20)18-27-29(35)33(23-13-3-2-4-14-23)30(36-27)25(19-31)28(34)32-26-16-8-12-22-11-5-6-15-24(22)26/h2-17,27H,18H2,1H3,(H,32,34). The Morgan fingerprint density at radius 2 is 1.69 bits per heavy atom. The molecular formula is C30H23N3O2S. The number of nitrogens with zero attached hydrogens (tertiary/aromatic N) is 2. The number of rotatable bonds is 5. The van der Waals surface area contributed by atoms with Crippen molar-refractivity contribution in [1.82, 2.24) is 0 Å². The quantitative estimate of drug-likeness (QED) is 0.267. The van der Waals surface area contributed by atoms with Crippen LogP contribution in [0.2, 0.25) is 0 Å². The van der Waals surface area contributed by atoms with E-state index in [0.717, 1.165) is 21.9 Å². The zero-order valence-corrected chi connectivity index (χ0v) is 20.5. The van der Waals surface area contributed by atoms with Crippen LogP contribution < -0.4 is 10.2 Å². The lowest BCUT2D eigenvalue weighted by Gasteiger charge is -2.18. The van der Waals surface area contributed by atoms with Crippen molar-refractivity contribution in [2.45, 2.75) is 18.6 Å². The van der Waals surface area contributed by atoms with Gasteiger partial charge in [-0.15, -0.1) is 0 Å². The summed E-state index contributed by atoms with van der Waals surface area (Å²) in [6, 6.07) is 32.6. The first kappa shape index (κ1) is 23.4. The van der Waals surface area contributed by atoms with Gasteiger partial charge in [-0.1, -0.05) is 96.2 Å². The number of benzene rings is 4. The minimum Gasteiger partial charge on any atom is -0.321 e. The molecule has 1 saturated heterocycles. The van der Waals surface area contributed by atoms with Gasteiger partial charge in [0.2, 0.25) is 5.91 Å². The van der Waals surface area contributed by atoms with Gasteiger partial charge in [0.05, 0.1) is 5.25 Å². The molecule has 0 radical (unpaired) electrons. The number of hydrogen-bond acceptors (Lipinski definition) is 4. The molecule has 5 rings (SSSR count). The van der Waals surface area contributed by atoms with Gasteiger partial charge in [-0.05, 0) is 42.5 Å². The molecule has 2 amide bonds. The molecule has 1 aliphatic rings. The summed E-state index contributed by atoms with van der Waals surface area (Å²) in [4.78, 5) is 28.5. The molecule has 1 fully saturated rings. The lowest BCUT2D eigenvalue weighted by molar-refractivity contribution is -0.117. The highest BCUT2D eigenvalue weighted by atomic mass is 32.2. The summed E-state index contributed by atoms with van der Waals surface area (Å²) in [6.45, 7) is 2.01. The van der Waals surface area contributed by atoms with Gasteiger partial charge in [0.25, 0.3) is 5.91 Å². The average molecular weight is 490 g/mol. The Balaban J connectivity index is 1.53. The van der Waals surface area contributed by atoms with E-state index >= 15 is 0 Å². The number of amides is 2. The normalized spacial score (nSPS) is 16.6. The molecule has 4 aromatic carbocycles. The summed E-state index contributed by atoms with van der Waals surface area (Å²) in [6.07, 6.45) is 0.502. The molecule has 0 bridgehead atoms. The minimum atomic E-state index is -0.540. The van der Waals surface area contributed by atoms with Crippen molar-refractivity contribution in [3.8, 4) is 6.07 Å². The maximum absolute atomic E-state index is 13.6. The second kappa shape index (κ2) is 10.1. The topological polar surface area (TPSA) is 73.2 Å². The second-order valence-corrected chi connectivity index (χ2v) is 9.77. The van der Waals surface area contributed by atoms with E-state index in [0.29, 0.717) is 22.8 Å². The number of thioether (sulfide) groups is 1. The number of para-hydroxylation sites is 1. The number of carbonyl (C=O) groups is 2. The van der Waals surface area contributed by atoms with E-state index in [9.17, 15) is 14.9 Å². The Bertz CT molecular complexity index is 1530. The molecule has 1 aliphatic heterocycles. The van der Waals surface area contributed by atoms with Crippen LogP contribution in [0.1, 0.15) is 11.1 Å². The molecule has 0 aliphatic carbocycles. The van der Waals surface area contributed by atoms with Crippen molar-refractivity contribution in [3.63, 3.8) is 0 Å². The Labute approximate surface area is 214 Å². The van der Waals surface area contributed by atoms with E-state index in [1.807, 2.05) is 97.9 Å². The Morgan fingerprint density at radius 1 is 0.972 bits per heavy atom. The summed E-state index contributed by atoms with van der Waals surface area (Å²) < 4.78 is 0. The van der Waals surface area contributed by atoms with E-state index in [1.54, 1.807) is 0 Å². The van der Waals surface area contributed by atoms with Crippen LogP contribution in [0.5, 0.6) is 0 Å². The molecule has 4 aromatic rings. The summed E-state index contributed by atoms with van der Waals surface area (Å²) in [7, 11) is 0. The fraction of sp³-hybridized carbons (Fsp3) is 0.100. The second-order valence-electron chi connectivity index (χ2n) is 8.58. The number of nitrogens with one attached hydrogen (secondary N) is 1. The zero-order valence-electron chi connectivity index (χ0n) is 19.6. The molecule has 1 N–H and O–H groups in total. The van der Waals surface area contributed by atoms with Crippen LogP contribution in [0.25, 0.3) is 10.8 Å². The molecule has 36 heavy (non-hydrogen) atoms. The van der Waals surface area contributed by atoms with E-state index in [2.05, 4.69) is 17.5 Å². The first-order valence-electron chi connectivity index (χ1n) is 11.6. The maximum atomic E-state index is 13.6. The molecule has 1 unspecified atom stereocenters. The largest absolute Gasteiger partial charge is 0.321 e. The first-order valence-corrected chi connectivity index (χ1v) is 12.5. The van der Waals surface area contributed by atoms with Gasteiger partial charge in [-0.25, -0.2) is 0 Å². The fourth-order valence-corrected chi connectivity index (χ4v) is 5.68. The zero-order chi connectivity index (χ0) is 25.1. The number of fused-ring (bicyclic) bond motifs is 1. The SMILES string of the molecule is Cc1cccc(CC2SC(=C(C#N)C(=O)Nc3cccc4ccccc34)N(c3ccccc3)C2=O)c1. The minimum absolute atomic E-state index is 0.0862. The molecular weight excluding hydrogens is 466 g/mol. The first-order chi connectivity index (χ1) is 17.5. The van der Waals surface area contributed by atoms with Gasteiger partial charge < -0.3 is 5.32 Å². The molecule has 0 spiro atoms. The highest BCUT2D eigenvalue weighted by molar-refractivity contribution is 8.05. The van der Waals surface area contributed by atoms with Gasteiger partial charge in [0.1, 0.15) is 16.7 Å². The number of anilines is 2. The average Bonchev–Trinajstić information content (AvgIpc) is 3.20. The Kier molecular flexibility index (Phi) is 6.57. The predicted molar refractivity (Wildman–Crippen MR) is 145 cm³/mol. The van der Waals surface area contributed by atoms with Crippen LogP contribution in [0, 0.1) is 18.3 Å². The van der Waals surface area contributed by atoms with Gasteiger partial charge in [-0.2, -0.15) is 5.26 Å². The van der Waals surface area contributed by atoms with Crippen molar-refractivity contribution in [2.75, 3.05) is 10.2 Å². The molecule has 0 aromatic heterocycles. The summed E-state index contributed by atoms with van der Waals surface area (Å²) in [5, 5.41) is 14.8. The van der Waals surface area contributed by atoms with Gasteiger partial charge in [-0.3, -0.25) is 14.5 Å². The lowest BCUT2D eigenvalue weighted by atomic mass is 10.1. The predicted octanol–water partition coefficient (Wildman–Crippen LogP) is 6.21. The highest BCUT2D eigenvalue weighted by Gasteiger charge is 2.40. The molecule has 0 saturated carbocycles. The molecule has 5 nitrogen and oxygen atoms in total. The smallest absolute Gasteiger partial charge is 0.269 e. The van der Waals surface area contributed by atoms with Crippen LogP contribution in [0.15, 0.2) is 108 Å². The van der Waals surface area contributed by atoms with Crippen molar-refractivity contribution in [3.05, 3.63) is 119 Å². The number of hydrogen-bond donors (Lipinski definition) is 1. The van der Waals surface area contributed by atoms with E-state index in [4.69, 9.17) is 0 Å². The molecule has 176 valence electrons. The van der Waals surface area contributed by atoms with Crippen molar-refractivity contribution < 1.29 is 9.59 Å². The maximum Gasteiger partial charge on any atom is 0.269 e. The van der Waals surface area contributed by atoms with Crippen LogP contribution in [-0.2, 0) is 16.0 Å². The van der Waals surface area contributed by atoms with Crippen molar-refractivity contribution in [1.29, 1.82) is 5.26 Å². The van der Waals surface area contributed by atoms with Crippen LogP contribution >= 0.6 is 11.8 Å².